The zero-order valence-corrected chi connectivity index (χ0v) is 18.8. The van der Waals surface area contributed by atoms with Gasteiger partial charge in [0.25, 0.3) is 0 Å². The number of carbonyl (C=O) groups excluding carboxylic acids is 1. The van der Waals surface area contributed by atoms with Crippen LogP contribution in [0.1, 0.15) is 6.92 Å². The minimum Gasteiger partial charge on any atom is -0.465 e. The van der Waals surface area contributed by atoms with E-state index in [-0.39, 0.29) is 18.6 Å². The van der Waals surface area contributed by atoms with E-state index in [0.717, 1.165) is 11.4 Å². The average molecular weight is 451 g/mol. The zero-order valence-electron chi connectivity index (χ0n) is 18.1. The summed E-state index contributed by atoms with van der Waals surface area (Å²) in [5.74, 6) is -0.394. The molecule has 0 atom stereocenters. The van der Waals surface area contributed by atoms with Crippen molar-refractivity contribution in [1.82, 2.24) is 9.55 Å². The first kappa shape index (κ1) is 21.6. The van der Waals surface area contributed by atoms with E-state index in [0.29, 0.717) is 32.5 Å². The normalized spacial score (nSPS) is 11.0. The molecule has 32 heavy (non-hydrogen) atoms. The van der Waals surface area contributed by atoms with Crippen LogP contribution < -0.4 is 15.6 Å². The minimum atomic E-state index is -0.394. The van der Waals surface area contributed by atoms with Crippen molar-refractivity contribution in [2.75, 3.05) is 30.9 Å². The predicted molar refractivity (Wildman–Crippen MR) is 129 cm³/mol. The first-order valence-corrected chi connectivity index (χ1v) is 10.6. The number of anilines is 3. The lowest BCUT2D eigenvalue weighted by molar-refractivity contribution is -0.143. The number of pyridine rings is 2. The molecule has 0 saturated heterocycles. The molecule has 4 rings (SSSR count). The van der Waals surface area contributed by atoms with Gasteiger partial charge in [-0.15, -0.1) is 0 Å². The van der Waals surface area contributed by atoms with Gasteiger partial charge in [0.2, 0.25) is 0 Å². The Morgan fingerprint density at radius 1 is 1.16 bits per heavy atom. The van der Waals surface area contributed by atoms with E-state index >= 15 is 0 Å². The Bertz CT molecular complexity index is 1370. The number of aromatic nitrogens is 2. The van der Waals surface area contributed by atoms with Crippen LogP contribution in [-0.4, -0.2) is 36.2 Å². The highest BCUT2D eigenvalue weighted by Gasteiger charge is 2.20. The highest BCUT2D eigenvalue weighted by Crippen LogP contribution is 2.34. The molecule has 0 unspecified atom stereocenters. The molecule has 2 heterocycles. The maximum atomic E-state index is 13.4. The molecule has 0 radical (unpaired) electrons. The van der Waals surface area contributed by atoms with Crippen LogP contribution in [0, 0.1) is 0 Å². The summed E-state index contributed by atoms with van der Waals surface area (Å²) in [5.41, 5.74) is 3.31. The first-order chi connectivity index (χ1) is 15.4. The van der Waals surface area contributed by atoms with Gasteiger partial charge in [0, 0.05) is 36.8 Å². The number of nitrogens with zero attached hydrogens (tertiary/aromatic N) is 3. The second kappa shape index (κ2) is 8.88. The van der Waals surface area contributed by atoms with Crippen molar-refractivity contribution in [2.24, 2.45) is 0 Å². The van der Waals surface area contributed by atoms with Gasteiger partial charge >= 0.3 is 5.97 Å². The van der Waals surface area contributed by atoms with E-state index in [9.17, 15) is 9.59 Å². The first-order valence-electron chi connectivity index (χ1n) is 10.2. The summed E-state index contributed by atoms with van der Waals surface area (Å²) in [5, 5.41) is 4.77. The average Bonchev–Trinajstić information content (AvgIpc) is 2.77. The Hall–Kier alpha value is -3.58. The highest BCUT2D eigenvalue weighted by atomic mass is 35.5. The smallest absolute Gasteiger partial charge is 0.325 e. The van der Waals surface area contributed by atoms with Crippen molar-refractivity contribution < 1.29 is 9.53 Å². The molecule has 2 aromatic heterocycles. The number of carbonyl (C=O) groups is 1. The van der Waals surface area contributed by atoms with E-state index in [2.05, 4.69) is 10.3 Å². The molecule has 0 spiro atoms. The van der Waals surface area contributed by atoms with E-state index in [1.165, 1.54) is 0 Å². The van der Waals surface area contributed by atoms with Crippen LogP contribution in [0.4, 0.5) is 17.1 Å². The van der Waals surface area contributed by atoms with E-state index in [1.807, 2.05) is 43.3 Å². The molecule has 0 fully saturated rings. The van der Waals surface area contributed by atoms with Crippen molar-refractivity contribution in [3.63, 3.8) is 0 Å². The minimum absolute atomic E-state index is 0.0569. The lowest BCUT2D eigenvalue weighted by Crippen LogP contribution is -2.21. The van der Waals surface area contributed by atoms with Crippen molar-refractivity contribution in [3.05, 3.63) is 70.1 Å². The topological polar surface area (TPSA) is 76.5 Å². The number of hydrogen-bond donors (Lipinski definition) is 1. The van der Waals surface area contributed by atoms with Crippen LogP contribution >= 0.6 is 11.6 Å². The third-order valence-electron chi connectivity index (χ3n) is 5.14. The van der Waals surface area contributed by atoms with Crippen LogP contribution in [0.15, 0.2) is 59.7 Å². The van der Waals surface area contributed by atoms with Gasteiger partial charge in [-0.2, -0.15) is 0 Å². The number of hydrogen-bond acceptors (Lipinski definition) is 6. The molecule has 8 heteroatoms. The quantitative estimate of drug-likeness (QED) is 0.342. The van der Waals surface area contributed by atoms with Gasteiger partial charge in [-0.1, -0.05) is 11.6 Å². The number of nitrogens with one attached hydrogen (secondary N) is 1. The van der Waals surface area contributed by atoms with Gasteiger partial charge in [-0.05, 0) is 49.4 Å². The fraction of sp³-hybridized carbons (Fsp3) is 0.208. The van der Waals surface area contributed by atoms with Gasteiger partial charge in [-0.3, -0.25) is 14.6 Å². The number of benzene rings is 2. The van der Waals surface area contributed by atoms with Gasteiger partial charge in [0.15, 0.2) is 5.43 Å². The lowest BCUT2D eigenvalue weighted by atomic mass is 10.1. The van der Waals surface area contributed by atoms with Crippen molar-refractivity contribution in [2.45, 2.75) is 13.5 Å². The van der Waals surface area contributed by atoms with Crippen molar-refractivity contribution in [1.29, 1.82) is 0 Å². The molecule has 1 N–H and O–H groups in total. The van der Waals surface area contributed by atoms with Crippen molar-refractivity contribution in [3.8, 4) is 0 Å². The Labute approximate surface area is 190 Å². The summed E-state index contributed by atoms with van der Waals surface area (Å²) in [6, 6.07) is 12.6. The number of fused-ring (bicyclic) bond motifs is 2. The molecule has 0 saturated carbocycles. The number of halogens is 1. The van der Waals surface area contributed by atoms with Crippen LogP contribution in [0.2, 0.25) is 5.02 Å². The summed E-state index contributed by atoms with van der Waals surface area (Å²) >= 11 is 6.52. The molecular weight excluding hydrogens is 428 g/mol. The fourth-order valence-corrected chi connectivity index (χ4v) is 4.15. The third-order valence-corrected chi connectivity index (χ3v) is 5.44. The predicted octanol–water partition coefficient (Wildman–Crippen LogP) is 4.58. The molecule has 0 amide bonds. The highest BCUT2D eigenvalue weighted by molar-refractivity contribution is 6.35. The summed E-state index contributed by atoms with van der Waals surface area (Å²) < 4.78 is 7.03. The molecule has 0 bridgehead atoms. The largest absolute Gasteiger partial charge is 0.465 e. The lowest BCUT2D eigenvalue weighted by Gasteiger charge is -2.22. The molecule has 164 valence electrons. The molecule has 0 aliphatic carbocycles. The second-order valence-electron chi connectivity index (χ2n) is 7.51. The van der Waals surface area contributed by atoms with E-state index in [1.54, 1.807) is 42.1 Å². The number of rotatable bonds is 6. The fourth-order valence-electron chi connectivity index (χ4n) is 3.83. The summed E-state index contributed by atoms with van der Waals surface area (Å²) in [6.45, 7) is 1.97. The second-order valence-corrected chi connectivity index (χ2v) is 7.91. The Morgan fingerprint density at radius 3 is 2.62 bits per heavy atom. The molecule has 7 nitrogen and oxygen atoms in total. The number of ether oxygens (including phenoxy) is 1. The molecule has 0 aliphatic rings. The van der Waals surface area contributed by atoms with Gasteiger partial charge < -0.3 is 19.5 Å². The third kappa shape index (κ3) is 3.99. The number of esters is 1. The van der Waals surface area contributed by atoms with Crippen LogP contribution in [0.5, 0.6) is 0 Å². The van der Waals surface area contributed by atoms with Crippen molar-refractivity contribution >= 4 is 56.4 Å². The monoisotopic (exact) mass is 450 g/mol. The molecule has 4 aromatic rings. The Morgan fingerprint density at radius 2 is 1.94 bits per heavy atom. The molecule has 0 aliphatic heterocycles. The zero-order chi connectivity index (χ0) is 22.8. The summed E-state index contributed by atoms with van der Waals surface area (Å²) in [4.78, 5) is 31.9. The SMILES string of the molecule is CCOC(=O)Cn1c2cc(Nc3cccnc3)ccc2c(=O)c2ccc(Cl)c(N(C)C)c21. The maximum absolute atomic E-state index is 13.4. The van der Waals surface area contributed by atoms with E-state index < -0.39 is 5.97 Å². The summed E-state index contributed by atoms with van der Waals surface area (Å²) in [7, 11) is 3.70. The van der Waals surface area contributed by atoms with Gasteiger partial charge in [-0.25, -0.2) is 0 Å². The van der Waals surface area contributed by atoms with Gasteiger partial charge in [0.05, 0.1) is 40.2 Å². The standard InChI is InChI=1S/C24H23ClN4O3/c1-4-32-21(30)14-29-20-12-15(27-16-6-5-11-26-13-16)7-8-17(20)24(31)18-9-10-19(25)23(22(18)29)28(2)3/h5-13,27H,4,14H2,1-3H3. The van der Waals surface area contributed by atoms with Crippen LogP contribution in [0.3, 0.4) is 0 Å². The van der Waals surface area contributed by atoms with E-state index in [4.69, 9.17) is 16.3 Å². The summed E-state index contributed by atoms with van der Waals surface area (Å²) in [6.07, 6.45) is 3.40. The Kier molecular flexibility index (Phi) is 6.01. The Balaban J connectivity index is 2.04. The van der Waals surface area contributed by atoms with Crippen LogP contribution in [0.25, 0.3) is 21.8 Å². The molecular formula is C24H23ClN4O3. The molecule has 2 aromatic carbocycles. The van der Waals surface area contributed by atoms with Gasteiger partial charge in [0.1, 0.15) is 6.54 Å². The van der Waals surface area contributed by atoms with Crippen LogP contribution in [-0.2, 0) is 16.1 Å². The maximum Gasteiger partial charge on any atom is 0.325 e.